The third-order valence-corrected chi connectivity index (χ3v) is 3.09. The Morgan fingerprint density at radius 1 is 1.06 bits per heavy atom. The lowest BCUT2D eigenvalue weighted by atomic mass is 10.0. The van der Waals surface area contributed by atoms with E-state index < -0.39 is 0 Å². The smallest absolute Gasteiger partial charge is 0.131 e. The number of fused-ring (bicyclic) bond motifs is 1. The summed E-state index contributed by atoms with van der Waals surface area (Å²) in [7, 11) is 2.10. The van der Waals surface area contributed by atoms with Crippen LogP contribution >= 0.6 is 0 Å². The van der Waals surface area contributed by atoms with Crippen LogP contribution in [-0.4, -0.2) is 30.9 Å². The van der Waals surface area contributed by atoms with Crippen LogP contribution in [0, 0.1) is 0 Å². The molecule has 0 bridgehead atoms. The van der Waals surface area contributed by atoms with Crippen molar-refractivity contribution in [1.82, 2.24) is 4.90 Å². The Balaban J connectivity index is 2.24. The van der Waals surface area contributed by atoms with Crippen LogP contribution in [-0.2, 0) is 0 Å². The molecule has 2 heteroatoms. The zero-order chi connectivity index (χ0) is 11.0. The fourth-order valence-corrected chi connectivity index (χ4v) is 2.24. The SMILES string of the molecule is CN1CCN=C1c1cccc2ccccc12. The summed E-state index contributed by atoms with van der Waals surface area (Å²) in [6.45, 7) is 1.94. The van der Waals surface area contributed by atoms with Gasteiger partial charge in [0.2, 0.25) is 0 Å². The van der Waals surface area contributed by atoms with Crippen molar-refractivity contribution >= 4 is 16.6 Å². The van der Waals surface area contributed by atoms with Crippen LogP contribution in [0.1, 0.15) is 5.56 Å². The van der Waals surface area contributed by atoms with Crippen LogP contribution in [0.4, 0.5) is 0 Å². The first-order chi connectivity index (χ1) is 7.86. The highest BCUT2D eigenvalue weighted by molar-refractivity contribution is 6.10. The first kappa shape index (κ1) is 9.40. The van der Waals surface area contributed by atoms with Gasteiger partial charge in [-0.25, -0.2) is 0 Å². The van der Waals surface area contributed by atoms with Crippen molar-refractivity contribution in [3.05, 3.63) is 48.0 Å². The van der Waals surface area contributed by atoms with Gasteiger partial charge < -0.3 is 4.90 Å². The predicted molar refractivity (Wildman–Crippen MR) is 68.0 cm³/mol. The second-order valence-electron chi connectivity index (χ2n) is 4.15. The molecule has 0 saturated carbocycles. The summed E-state index contributed by atoms with van der Waals surface area (Å²) in [6, 6.07) is 14.9. The van der Waals surface area contributed by atoms with Crippen molar-refractivity contribution in [3.8, 4) is 0 Å². The molecule has 16 heavy (non-hydrogen) atoms. The lowest BCUT2D eigenvalue weighted by molar-refractivity contribution is 0.557. The Morgan fingerprint density at radius 2 is 1.88 bits per heavy atom. The molecule has 0 saturated heterocycles. The second-order valence-corrected chi connectivity index (χ2v) is 4.15. The summed E-state index contributed by atoms with van der Waals surface area (Å²) in [6.07, 6.45) is 0. The van der Waals surface area contributed by atoms with E-state index in [2.05, 4.69) is 59.4 Å². The van der Waals surface area contributed by atoms with E-state index in [9.17, 15) is 0 Å². The molecule has 2 aromatic carbocycles. The third-order valence-electron chi connectivity index (χ3n) is 3.09. The van der Waals surface area contributed by atoms with Gasteiger partial charge in [-0.15, -0.1) is 0 Å². The molecule has 0 fully saturated rings. The Kier molecular flexibility index (Phi) is 2.13. The van der Waals surface area contributed by atoms with Gasteiger partial charge in [-0.05, 0) is 10.8 Å². The quantitative estimate of drug-likeness (QED) is 0.706. The summed E-state index contributed by atoms with van der Waals surface area (Å²) in [5.41, 5.74) is 1.25. The molecule has 1 aliphatic heterocycles. The number of amidine groups is 1. The van der Waals surface area contributed by atoms with Crippen molar-refractivity contribution in [2.75, 3.05) is 20.1 Å². The Morgan fingerprint density at radius 3 is 2.69 bits per heavy atom. The first-order valence-corrected chi connectivity index (χ1v) is 5.60. The molecule has 0 aromatic heterocycles. The minimum atomic E-state index is 0.912. The van der Waals surface area contributed by atoms with E-state index in [4.69, 9.17) is 0 Å². The van der Waals surface area contributed by atoms with Gasteiger partial charge in [0, 0.05) is 19.2 Å². The van der Waals surface area contributed by atoms with Gasteiger partial charge in [0.05, 0.1) is 6.54 Å². The van der Waals surface area contributed by atoms with Gasteiger partial charge in [0.15, 0.2) is 0 Å². The summed E-state index contributed by atoms with van der Waals surface area (Å²) in [5, 5.41) is 2.57. The van der Waals surface area contributed by atoms with Gasteiger partial charge in [-0.3, -0.25) is 4.99 Å². The number of hydrogen-bond acceptors (Lipinski definition) is 2. The van der Waals surface area contributed by atoms with E-state index in [1.807, 2.05) is 0 Å². The molecule has 0 unspecified atom stereocenters. The van der Waals surface area contributed by atoms with Gasteiger partial charge >= 0.3 is 0 Å². The second kappa shape index (κ2) is 3.63. The van der Waals surface area contributed by atoms with Gasteiger partial charge in [0.1, 0.15) is 5.84 Å². The molecule has 80 valence electrons. The molecule has 0 aliphatic carbocycles. The Bertz CT molecular complexity index is 552. The van der Waals surface area contributed by atoms with Gasteiger partial charge in [0.25, 0.3) is 0 Å². The van der Waals surface area contributed by atoms with Crippen LogP contribution in [0.3, 0.4) is 0 Å². The van der Waals surface area contributed by atoms with E-state index in [-0.39, 0.29) is 0 Å². The molecule has 2 nitrogen and oxygen atoms in total. The molecule has 0 amide bonds. The monoisotopic (exact) mass is 210 g/mol. The molecule has 3 rings (SSSR count). The maximum absolute atomic E-state index is 4.58. The fraction of sp³-hybridized carbons (Fsp3) is 0.214. The third kappa shape index (κ3) is 1.38. The molecular formula is C14H14N2. The number of aliphatic imine (C=N–C) groups is 1. The molecule has 0 spiro atoms. The van der Waals surface area contributed by atoms with Crippen LogP contribution in [0.5, 0.6) is 0 Å². The van der Waals surface area contributed by atoms with Crippen molar-refractivity contribution < 1.29 is 0 Å². The van der Waals surface area contributed by atoms with Crippen LogP contribution in [0.15, 0.2) is 47.5 Å². The summed E-state index contributed by atoms with van der Waals surface area (Å²) in [4.78, 5) is 6.80. The topological polar surface area (TPSA) is 15.6 Å². The van der Waals surface area contributed by atoms with Crippen LogP contribution in [0.2, 0.25) is 0 Å². The summed E-state index contributed by atoms with van der Waals surface area (Å²) in [5.74, 6) is 1.12. The maximum atomic E-state index is 4.58. The largest absolute Gasteiger partial charge is 0.358 e. The zero-order valence-corrected chi connectivity index (χ0v) is 9.35. The predicted octanol–water partition coefficient (Wildman–Crippen LogP) is 2.53. The van der Waals surface area contributed by atoms with Crippen molar-refractivity contribution in [2.24, 2.45) is 4.99 Å². The van der Waals surface area contributed by atoms with Gasteiger partial charge in [-0.2, -0.15) is 0 Å². The highest BCUT2D eigenvalue weighted by Gasteiger charge is 2.16. The Labute approximate surface area is 95.2 Å². The van der Waals surface area contributed by atoms with Crippen molar-refractivity contribution in [2.45, 2.75) is 0 Å². The highest BCUT2D eigenvalue weighted by atomic mass is 15.2. The van der Waals surface area contributed by atoms with E-state index >= 15 is 0 Å². The van der Waals surface area contributed by atoms with Crippen molar-refractivity contribution in [1.29, 1.82) is 0 Å². The molecule has 1 aliphatic rings. The molecule has 1 heterocycles. The Hall–Kier alpha value is -1.83. The fourth-order valence-electron chi connectivity index (χ4n) is 2.24. The standard InChI is InChI=1S/C14H14N2/c1-16-10-9-15-14(16)13-8-4-6-11-5-2-3-7-12(11)13/h2-8H,9-10H2,1H3. The lowest BCUT2D eigenvalue weighted by Crippen LogP contribution is -2.23. The molecule has 0 radical (unpaired) electrons. The van der Waals surface area contributed by atoms with Crippen LogP contribution in [0.25, 0.3) is 10.8 Å². The van der Waals surface area contributed by atoms with E-state index in [0.717, 1.165) is 18.9 Å². The van der Waals surface area contributed by atoms with Crippen LogP contribution < -0.4 is 0 Å². The van der Waals surface area contributed by atoms with E-state index in [0.29, 0.717) is 0 Å². The van der Waals surface area contributed by atoms with E-state index in [1.165, 1.54) is 16.3 Å². The van der Waals surface area contributed by atoms with E-state index in [1.54, 1.807) is 0 Å². The number of rotatable bonds is 1. The normalized spacial score (nSPS) is 15.6. The summed E-state index contributed by atoms with van der Waals surface area (Å²) >= 11 is 0. The maximum Gasteiger partial charge on any atom is 0.131 e. The minimum absolute atomic E-state index is 0.912. The number of likely N-dealkylation sites (N-methyl/N-ethyl adjacent to an activating group) is 1. The lowest BCUT2D eigenvalue weighted by Gasteiger charge is -2.15. The number of benzene rings is 2. The average Bonchev–Trinajstić information content (AvgIpc) is 2.75. The molecule has 0 N–H and O–H groups in total. The van der Waals surface area contributed by atoms with Crippen molar-refractivity contribution in [3.63, 3.8) is 0 Å². The number of nitrogens with zero attached hydrogens (tertiary/aromatic N) is 2. The summed E-state index contributed by atoms with van der Waals surface area (Å²) < 4.78 is 0. The zero-order valence-electron chi connectivity index (χ0n) is 9.35. The molecular weight excluding hydrogens is 196 g/mol. The molecule has 2 aromatic rings. The minimum Gasteiger partial charge on any atom is -0.358 e. The number of hydrogen-bond donors (Lipinski definition) is 0. The molecule has 0 atom stereocenters. The van der Waals surface area contributed by atoms with Gasteiger partial charge in [-0.1, -0.05) is 42.5 Å². The first-order valence-electron chi connectivity index (χ1n) is 5.60. The highest BCUT2D eigenvalue weighted by Crippen LogP contribution is 2.21. The average molecular weight is 210 g/mol.